The fourth-order valence-corrected chi connectivity index (χ4v) is 1.08. The maximum atomic E-state index is 11.8. The van der Waals surface area contributed by atoms with Crippen LogP contribution in [0.2, 0.25) is 0 Å². The van der Waals surface area contributed by atoms with E-state index < -0.39 is 0 Å². The molecular weight excluding hydrogens is 107 g/mol. The van der Waals surface area contributed by atoms with Gasteiger partial charge in [0.2, 0.25) is 0 Å². The summed E-state index contributed by atoms with van der Waals surface area (Å²) in [7, 11) is 0. The van der Waals surface area contributed by atoms with Gasteiger partial charge in [0.05, 0.1) is 6.67 Å². The Morgan fingerprint density at radius 1 is 1.38 bits per heavy atom. The van der Waals surface area contributed by atoms with Gasteiger partial charge in [0, 0.05) is 6.61 Å². The normalized spacial score (nSPS) is 36.8. The topological polar surface area (TPSA) is 20.2 Å². The predicted octanol–water partition coefficient (Wildman–Crippen LogP) is 0.974. The van der Waals surface area contributed by atoms with Gasteiger partial charge >= 0.3 is 0 Å². The molecule has 0 aromatic heterocycles. The van der Waals surface area contributed by atoms with E-state index in [9.17, 15) is 4.39 Å². The van der Waals surface area contributed by atoms with E-state index in [2.05, 4.69) is 0 Å². The molecule has 1 saturated carbocycles. The van der Waals surface area contributed by atoms with E-state index in [1.165, 1.54) is 0 Å². The SMILES string of the molecule is OCC1CCC1CF. The highest BCUT2D eigenvalue weighted by molar-refractivity contribution is 4.78. The summed E-state index contributed by atoms with van der Waals surface area (Å²) in [5.41, 5.74) is 0. The summed E-state index contributed by atoms with van der Waals surface area (Å²) in [6.45, 7) is -0.0696. The van der Waals surface area contributed by atoms with E-state index >= 15 is 0 Å². The van der Waals surface area contributed by atoms with Crippen molar-refractivity contribution >= 4 is 0 Å². The van der Waals surface area contributed by atoms with E-state index in [-0.39, 0.29) is 25.1 Å². The monoisotopic (exact) mass is 118 g/mol. The molecular formula is C6H11FO. The minimum atomic E-state index is -0.245. The van der Waals surface area contributed by atoms with Crippen molar-refractivity contribution in [2.45, 2.75) is 12.8 Å². The predicted molar refractivity (Wildman–Crippen MR) is 29.3 cm³/mol. The summed E-state index contributed by atoms with van der Waals surface area (Å²) < 4.78 is 11.8. The average molecular weight is 118 g/mol. The first-order valence-corrected chi connectivity index (χ1v) is 3.05. The molecule has 0 radical (unpaired) electrons. The molecule has 1 aliphatic carbocycles. The fraction of sp³-hybridized carbons (Fsp3) is 1.00. The summed E-state index contributed by atoms with van der Waals surface area (Å²) in [4.78, 5) is 0. The van der Waals surface area contributed by atoms with Crippen LogP contribution in [0.25, 0.3) is 0 Å². The second-order valence-electron chi connectivity index (χ2n) is 2.43. The van der Waals surface area contributed by atoms with Crippen LogP contribution in [0.4, 0.5) is 4.39 Å². The van der Waals surface area contributed by atoms with Crippen LogP contribution in [-0.4, -0.2) is 18.4 Å². The van der Waals surface area contributed by atoms with Crippen molar-refractivity contribution in [1.82, 2.24) is 0 Å². The lowest BCUT2D eigenvalue weighted by molar-refractivity contribution is 0.0723. The van der Waals surface area contributed by atoms with E-state index in [1.54, 1.807) is 0 Å². The molecule has 1 N–H and O–H groups in total. The van der Waals surface area contributed by atoms with Crippen LogP contribution in [-0.2, 0) is 0 Å². The van der Waals surface area contributed by atoms with Crippen LogP contribution in [0.3, 0.4) is 0 Å². The van der Waals surface area contributed by atoms with E-state index in [4.69, 9.17) is 5.11 Å². The van der Waals surface area contributed by atoms with Crippen LogP contribution in [0.5, 0.6) is 0 Å². The van der Waals surface area contributed by atoms with Crippen molar-refractivity contribution in [2.24, 2.45) is 11.8 Å². The first-order chi connectivity index (χ1) is 3.88. The largest absolute Gasteiger partial charge is 0.396 e. The Labute approximate surface area is 48.5 Å². The zero-order valence-corrected chi connectivity index (χ0v) is 4.81. The minimum Gasteiger partial charge on any atom is -0.396 e. The number of aliphatic hydroxyl groups excluding tert-OH is 1. The van der Waals surface area contributed by atoms with Gasteiger partial charge in [-0.2, -0.15) is 0 Å². The van der Waals surface area contributed by atoms with Gasteiger partial charge < -0.3 is 5.11 Å². The van der Waals surface area contributed by atoms with Crippen molar-refractivity contribution < 1.29 is 9.50 Å². The van der Waals surface area contributed by atoms with E-state index in [1.807, 2.05) is 0 Å². The van der Waals surface area contributed by atoms with Crippen LogP contribution >= 0.6 is 0 Å². The number of rotatable bonds is 2. The quantitative estimate of drug-likeness (QED) is 0.573. The molecule has 0 saturated heterocycles. The summed E-state index contributed by atoms with van der Waals surface area (Å²) in [5, 5.41) is 8.52. The molecule has 1 fully saturated rings. The Kier molecular flexibility index (Phi) is 1.84. The summed E-state index contributed by atoms with van der Waals surface area (Å²) in [6, 6.07) is 0. The molecule has 0 spiro atoms. The van der Waals surface area contributed by atoms with Gasteiger partial charge in [-0.05, 0) is 24.7 Å². The van der Waals surface area contributed by atoms with Gasteiger partial charge in [-0.25, -0.2) is 0 Å². The molecule has 0 bridgehead atoms. The van der Waals surface area contributed by atoms with E-state index in [0.29, 0.717) is 0 Å². The average Bonchev–Trinajstić information content (AvgIpc) is 1.66. The highest BCUT2D eigenvalue weighted by atomic mass is 19.1. The van der Waals surface area contributed by atoms with Gasteiger partial charge in [-0.1, -0.05) is 0 Å². The lowest BCUT2D eigenvalue weighted by Gasteiger charge is -2.32. The van der Waals surface area contributed by atoms with Crippen molar-refractivity contribution in [2.75, 3.05) is 13.3 Å². The molecule has 1 aliphatic rings. The first-order valence-electron chi connectivity index (χ1n) is 3.05. The molecule has 1 nitrogen and oxygen atoms in total. The third-order valence-corrected chi connectivity index (χ3v) is 2.01. The van der Waals surface area contributed by atoms with E-state index in [0.717, 1.165) is 12.8 Å². The lowest BCUT2D eigenvalue weighted by atomic mass is 9.75. The molecule has 2 heteroatoms. The zero-order valence-electron chi connectivity index (χ0n) is 4.81. The third-order valence-electron chi connectivity index (χ3n) is 2.01. The van der Waals surface area contributed by atoms with Crippen LogP contribution in [0.1, 0.15) is 12.8 Å². The number of alkyl halides is 1. The molecule has 0 aliphatic heterocycles. The number of hydrogen-bond acceptors (Lipinski definition) is 1. The number of hydrogen-bond donors (Lipinski definition) is 1. The maximum Gasteiger partial charge on any atom is 0.0926 e. The Balaban J connectivity index is 2.16. The Morgan fingerprint density at radius 2 is 2.00 bits per heavy atom. The second kappa shape index (κ2) is 2.44. The summed E-state index contributed by atoms with van der Waals surface area (Å²) in [6.07, 6.45) is 1.99. The Hall–Kier alpha value is -0.110. The maximum absolute atomic E-state index is 11.8. The molecule has 2 atom stereocenters. The molecule has 0 aromatic rings. The van der Waals surface area contributed by atoms with Gasteiger partial charge in [0.25, 0.3) is 0 Å². The highest BCUT2D eigenvalue weighted by Crippen LogP contribution is 2.33. The van der Waals surface area contributed by atoms with Crippen LogP contribution in [0, 0.1) is 11.8 Å². The third kappa shape index (κ3) is 0.848. The fourth-order valence-electron chi connectivity index (χ4n) is 1.08. The molecule has 2 unspecified atom stereocenters. The molecule has 8 heavy (non-hydrogen) atoms. The summed E-state index contributed by atoms with van der Waals surface area (Å²) in [5.74, 6) is 0.458. The highest BCUT2D eigenvalue weighted by Gasteiger charge is 2.29. The zero-order chi connectivity index (χ0) is 5.98. The molecule has 48 valence electrons. The van der Waals surface area contributed by atoms with Gasteiger partial charge in [-0.15, -0.1) is 0 Å². The Morgan fingerprint density at radius 3 is 2.12 bits per heavy atom. The smallest absolute Gasteiger partial charge is 0.0926 e. The lowest BCUT2D eigenvalue weighted by Crippen LogP contribution is -2.30. The minimum absolute atomic E-state index is 0.175. The molecule has 1 rings (SSSR count). The van der Waals surface area contributed by atoms with Crippen molar-refractivity contribution in [3.05, 3.63) is 0 Å². The van der Waals surface area contributed by atoms with Crippen molar-refractivity contribution in [3.8, 4) is 0 Å². The standard InChI is InChI=1S/C6H11FO/c7-3-5-1-2-6(5)4-8/h5-6,8H,1-4H2. The van der Waals surface area contributed by atoms with Gasteiger partial charge in [0.15, 0.2) is 0 Å². The van der Waals surface area contributed by atoms with Gasteiger partial charge in [-0.3, -0.25) is 4.39 Å². The van der Waals surface area contributed by atoms with Crippen molar-refractivity contribution in [3.63, 3.8) is 0 Å². The molecule has 0 heterocycles. The Bertz CT molecular complexity index is 60.9. The van der Waals surface area contributed by atoms with Gasteiger partial charge in [0.1, 0.15) is 0 Å². The number of halogens is 1. The second-order valence-corrected chi connectivity index (χ2v) is 2.43. The van der Waals surface area contributed by atoms with Crippen LogP contribution < -0.4 is 0 Å². The summed E-state index contributed by atoms with van der Waals surface area (Å²) >= 11 is 0. The van der Waals surface area contributed by atoms with Crippen molar-refractivity contribution in [1.29, 1.82) is 0 Å². The van der Waals surface area contributed by atoms with Crippen LogP contribution in [0.15, 0.2) is 0 Å². The molecule has 0 aromatic carbocycles. The molecule has 0 amide bonds. The first kappa shape index (κ1) is 6.02. The number of aliphatic hydroxyl groups is 1.